The highest BCUT2D eigenvalue weighted by Crippen LogP contribution is 2.15. The first-order chi connectivity index (χ1) is 8.79. The number of pyridine rings is 1. The van der Waals surface area contributed by atoms with E-state index in [1.54, 1.807) is 0 Å². The molecule has 1 N–H and O–H groups in total. The zero-order chi connectivity index (χ0) is 12.8. The maximum absolute atomic E-state index is 4.28. The van der Waals surface area contributed by atoms with Gasteiger partial charge in [0.05, 0.1) is 0 Å². The lowest BCUT2D eigenvalue weighted by Gasteiger charge is -2.19. The maximum Gasteiger partial charge on any atom is 0.126 e. The third kappa shape index (κ3) is 3.23. The molecule has 2 aromatic rings. The zero-order valence-corrected chi connectivity index (χ0v) is 10.9. The summed E-state index contributed by atoms with van der Waals surface area (Å²) < 4.78 is 0. The first kappa shape index (κ1) is 12.4. The summed E-state index contributed by atoms with van der Waals surface area (Å²) in [4.78, 5) is 6.51. The summed E-state index contributed by atoms with van der Waals surface area (Å²) in [7, 11) is 2.10. The fraction of sp³-hybridized carbons (Fsp3) is 0.267. The lowest BCUT2D eigenvalue weighted by atomic mass is 10.2. The minimum Gasteiger partial charge on any atom is -0.370 e. The van der Waals surface area contributed by atoms with Crippen LogP contribution >= 0.6 is 0 Å². The molecule has 0 saturated heterocycles. The van der Waals surface area contributed by atoms with Crippen LogP contribution in [0, 0.1) is 0 Å². The predicted octanol–water partition coefficient (Wildman–Crippen LogP) is 3.15. The van der Waals surface area contributed by atoms with Gasteiger partial charge in [-0.05, 0) is 36.8 Å². The first-order valence-electron chi connectivity index (χ1n) is 6.24. The highest BCUT2D eigenvalue weighted by atomic mass is 15.1. The van der Waals surface area contributed by atoms with Gasteiger partial charge < -0.3 is 10.2 Å². The lowest BCUT2D eigenvalue weighted by Crippen LogP contribution is -2.16. The van der Waals surface area contributed by atoms with E-state index in [1.165, 1.54) is 11.3 Å². The van der Waals surface area contributed by atoms with Gasteiger partial charge in [0.2, 0.25) is 0 Å². The molecule has 0 spiro atoms. The number of nitrogens with zero attached hydrogens (tertiary/aromatic N) is 2. The Kier molecular flexibility index (Phi) is 4.18. The fourth-order valence-corrected chi connectivity index (χ4v) is 1.90. The second-order valence-electron chi connectivity index (χ2n) is 4.27. The topological polar surface area (TPSA) is 28.2 Å². The number of nitrogens with one attached hydrogen (secondary N) is 1. The van der Waals surface area contributed by atoms with Crippen molar-refractivity contribution in [2.75, 3.05) is 23.8 Å². The van der Waals surface area contributed by atoms with Crippen LogP contribution in [0.5, 0.6) is 0 Å². The summed E-state index contributed by atoms with van der Waals surface area (Å²) in [5.74, 6) is 0.941. The van der Waals surface area contributed by atoms with Gasteiger partial charge in [-0.1, -0.05) is 18.2 Å². The van der Waals surface area contributed by atoms with Gasteiger partial charge >= 0.3 is 0 Å². The second kappa shape index (κ2) is 6.05. The molecule has 0 bridgehead atoms. The van der Waals surface area contributed by atoms with Crippen molar-refractivity contribution < 1.29 is 0 Å². The summed E-state index contributed by atoms with van der Waals surface area (Å²) in [6.07, 6.45) is 1.85. The molecule has 2 rings (SSSR count). The number of aromatic nitrogens is 1. The Balaban J connectivity index is 2.07. The van der Waals surface area contributed by atoms with Crippen molar-refractivity contribution >= 4 is 11.5 Å². The van der Waals surface area contributed by atoms with Crippen LogP contribution in [-0.2, 0) is 6.54 Å². The van der Waals surface area contributed by atoms with E-state index in [0.717, 1.165) is 18.9 Å². The van der Waals surface area contributed by atoms with Gasteiger partial charge in [-0.25, -0.2) is 4.98 Å². The smallest absolute Gasteiger partial charge is 0.126 e. The first-order valence-corrected chi connectivity index (χ1v) is 6.24. The SMILES string of the molecule is CCNc1cc(CN(C)c2ccccc2)ccn1. The lowest BCUT2D eigenvalue weighted by molar-refractivity contribution is 0.919. The van der Waals surface area contributed by atoms with Crippen LogP contribution in [0.15, 0.2) is 48.7 Å². The number of rotatable bonds is 5. The summed E-state index contributed by atoms with van der Waals surface area (Å²) in [6, 6.07) is 14.5. The van der Waals surface area contributed by atoms with Crippen LogP contribution < -0.4 is 10.2 Å². The molecule has 0 amide bonds. The molecule has 1 aromatic heterocycles. The zero-order valence-electron chi connectivity index (χ0n) is 10.9. The minimum absolute atomic E-state index is 0.880. The Morgan fingerprint density at radius 2 is 1.94 bits per heavy atom. The van der Waals surface area contributed by atoms with E-state index in [-0.39, 0.29) is 0 Å². The summed E-state index contributed by atoms with van der Waals surface area (Å²) >= 11 is 0. The van der Waals surface area contributed by atoms with E-state index in [2.05, 4.69) is 65.6 Å². The largest absolute Gasteiger partial charge is 0.370 e. The molecule has 0 aliphatic heterocycles. The van der Waals surface area contributed by atoms with Crippen molar-refractivity contribution in [1.82, 2.24) is 4.98 Å². The van der Waals surface area contributed by atoms with Gasteiger partial charge in [0.1, 0.15) is 5.82 Å². The Labute approximate surface area is 108 Å². The van der Waals surface area contributed by atoms with Crippen LogP contribution in [0.4, 0.5) is 11.5 Å². The van der Waals surface area contributed by atoms with E-state index >= 15 is 0 Å². The molecule has 0 unspecified atom stereocenters. The van der Waals surface area contributed by atoms with E-state index in [4.69, 9.17) is 0 Å². The molecule has 3 nitrogen and oxygen atoms in total. The second-order valence-corrected chi connectivity index (χ2v) is 4.27. The molecule has 0 fully saturated rings. The van der Waals surface area contributed by atoms with Gasteiger partial charge in [0, 0.05) is 32.0 Å². The fourth-order valence-electron chi connectivity index (χ4n) is 1.90. The van der Waals surface area contributed by atoms with Crippen LogP contribution in [0.3, 0.4) is 0 Å². The van der Waals surface area contributed by atoms with Gasteiger partial charge in [-0.2, -0.15) is 0 Å². The van der Waals surface area contributed by atoms with Gasteiger partial charge in [-0.15, -0.1) is 0 Å². The molecule has 94 valence electrons. The van der Waals surface area contributed by atoms with Gasteiger partial charge in [-0.3, -0.25) is 0 Å². The normalized spacial score (nSPS) is 10.1. The van der Waals surface area contributed by atoms with E-state index in [9.17, 15) is 0 Å². The predicted molar refractivity (Wildman–Crippen MR) is 76.9 cm³/mol. The number of hydrogen-bond acceptors (Lipinski definition) is 3. The summed E-state index contributed by atoms with van der Waals surface area (Å²) in [5.41, 5.74) is 2.48. The van der Waals surface area contributed by atoms with Crippen molar-refractivity contribution in [1.29, 1.82) is 0 Å². The molecule has 1 aromatic carbocycles. The van der Waals surface area contributed by atoms with Crippen LogP contribution in [0.25, 0.3) is 0 Å². The quantitative estimate of drug-likeness (QED) is 0.871. The average molecular weight is 241 g/mol. The van der Waals surface area contributed by atoms with Crippen molar-refractivity contribution in [3.63, 3.8) is 0 Å². The molecule has 0 aliphatic rings. The third-order valence-electron chi connectivity index (χ3n) is 2.80. The number of para-hydroxylation sites is 1. The molecular formula is C15H19N3. The molecule has 0 radical (unpaired) electrons. The third-order valence-corrected chi connectivity index (χ3v) is 2.80. The van der Waals surface area contributed by atoms with Crippen LogP contribution in [0.2, 0.25) is 0 Å². The monoisotopic (exact) mass is 241 g/mol. The van der Waals surface area contributed by atoms with Crippen molar-refractivity contribution in [2.45, 2.75) is 13.5 Å². The van der Waals surface area contributed by atoms with Crippen molar-refractivity contribution in [3.8, 4) is 0 Å². The molecular weight excluding hydrogens is 222 g/mol. The molecule has 0 aliphatic carbocycles. The number of anilines is 2. The van der Waals surface area contributed by atoms with E-state index < -0.39 is 0 Å². The molecule has 1 heterocycles. The molecule has 0 atom stereocenters. The molecule has 3 heteroatoms. The number of benzene rings is 1. The Morgan fingerprint density at radius 1 is 1.17 bits per heavy atom. The molecule has 0 saturated carbocycles. The van der Waals surface area contributed by atoms with Crippen LogP contribution in [0.1, 0.15) is 12.5 Å². The highest BCUT2D eigenvalue weighted by molar-refractivity contribution is 5.46. The summed E-state index contributed by atoms with van der Waals surface area (Å²) in [6.45, 7) is 3.85. The maximum atomic E-state index is 4.28. The van der Waals surface area contributed by atoms with E-state index in [1.807, 2.05) is 12.3 Å². The standard InChI is InChI=1S/C15H19N3/c1-3-16-15-11-13(9-10-17-15)12-18(2)14-7-5-4-6-8-14/h4-11H,3,12H2,1-2H3,(H,16,17). The molecule has 18 heavy (non-hydrogen) atoms. The van der Waals surface area contributed by atoms with Crippen molar-refractivity contribution in [3.05, 3.63) is 54.2 Å². The Morgan fingerprint density at radius 3 is 2.67 bits per heavy atom. The van der Waals surface area contributed by atoms with Crippen LogP contribution in [-0.4, -0.2) is 18.6 Å². The Bertz CT molecular complexity index is 482. The number of hydrogen-bond donors (Lipinski definition) is 1. The van der Waals surface area contributed by atoms with Gasteiger partial charge in [0.15, 0.2) is 0 Å². The van der Waals surface area contributed by atoms with Gasteiger partial charge in [0.25, 0.3) is 0 Å². The van der Waals surface area contributed by atoms with Crippen molar-refractivity contribution in [2.24, 2.45) is 0 Å². The average Bonchev–Trinajstić information content (AvgIpc) is 2.40. The minimum atomic E-state index is 0.880. The highest BCUT2D eigenvalue weighted by Gasteiger charge is 2.02. The Hall–Kier alpha value is -2.03. The van der Waals surface area contributed by atoms with E-state index in [0.29, 0.717) is 0 Å². The summed E-state index contributed by atoms with van der Waals surface area (Å²) in [5, 5.41) is 3.23.